The molecule has 102 valence electrons. The van der Waals surface area contributed by atoms with E-state index in [0.29, 0.717) is 28.9 Å². The molecule has 2 aromatic heterocycles. The summed E-state index contributed by atoms with van der Waals surface area (Å²) in [5.74, 6) is 0. The number of carbonyl (C=O) groups is 1. The van der Waals surface area contributed by atoms with E-state index in [-0.39, 0.29) is 6.04 Å². The SMILES string of the molecule is N#Cc1cn([C@@H]2CCN(C(=O)O)C2)c2nc(Br)ccc12. The van der Waals surface area contributed by atoms with Crippen LogP contribution in [-0.4, -0.2) is 38.7 Å². The Labute approximate surface area is 123 Å². The van der Waals surface area contributed by atoms with Crippen LogP contribution < -0.4 is 0 Å². The molecular weight excluding hydrogens is 324 g/mol. The number of fused-ring (bicyclic) bond motifs is 1. The van der Waals surface area contributed by atoms with Gasteiger partial charge in [0.15, 0.2) is 0 Å². The molecule has 0 radical (unpaired) electrons. The molecule has 0 aromatic carbocycles. The number of likely N-dealkylation sites (tertiary alicyclic amines) is 1. The minimum Gasteiger partial charge on any atom is -0.465 e. The molecule has 20 heavy (non-hydrogen) atoms. The second-order valence-electron chi connectivity index (χ2n) is 4.74. The summed E-state index contributed by atoms with van der Waals surface area (Å²) in [5, 5.41) is 19.0. The Morgan fingerprint density at radius 1 is 1.55 bits per heavy atom. The number of carboxylic acid groups (broad SMARTS) is 1. The van der Waals surface area contributed by atoms with E-state index in [1.807, 2.05) is 10.6 Å². The molecule has 0 bridgehead atoms. The number of hydrogen-bond acceptors (Lipinski definition) is 3. The quantitative estimate of drug-likeness (QED) is 0.812. The predicted molar refractivity (Wildman–Crippen MR) is 75.4 cm³/mol. The van der Waals surface area contributed by atoms with Gasteiger partial charge in [0.05, 0.1) is 11.6 Å². The number of nitrogens with zero attached hydrogens (tertiary/aromatic N) is 4. The molecule has 3 heterocycles. The van der Waals surface area contributed by atoms with Crippen LogP contribution in [0.4, 0.5) is 4.79 Å². The predicted octanol–water partition coefficient (Wildman–Crippen LogP) is 2.60. The minimum absolute atomic E-state index is 0.0255. The Morgan fingerprint density at radius 3 is 3.00 bits per heavy atom. The summed E-state index contributed by atoms with van der Waals surface area (Å²) in [6, 6.07) is 5.84. The number of halogens is 1. The summed E-state index contributed by atoms with van der Waals surface area (Å²) in [6.07, 6.45) is 1.59. The van der Waals surface area contributed by atoms with Gasteiger partial charge in [0.2, 0.25) is 0 Å². The number of pyridine rings is 1. The third kappa shape index (κ3) is 2.02. The normalized spacial score (nSPS) is 18.4. The van der Waals surface area contributed by atoms with E-state index < -0.39 is 6.09 Å². The molecule has 7 heteroatoms. The monoisotopic (exact) mass is 334 g/mol. The number of aromatic nitrogens is 2. The number of nitriles is 1. The third-order valence-corrected chi connectivity index (χ3v) is 4.03. The van der Waals surface area contributed by atoms with E-state index in [2.05, 4.69) is 27.0 Å². The highest BCUT2D eigenvalue weighted by molar-refractivity contribution is 9.10. The summed E-state index contributed by atoms with van der Waals surface area (Å²) in [5.41, 5.74) is 1.28. The summed E-state index contributed by atoms with van der Waals surface area (Å²) < 4.78 is 2.61. The highest BCUT2D eigenvalue weighted by Crippen LogP contribution is 2.29. The molecule has 0 unspecified atom stereocenters. The lowest BCUT2D eigenvalue weighted by atomic mass is 10.2. The molecule has 2 aromatic rings. The zero-order valence-corrected chi connectivity index (χ0v) is 12.0. The molecule has 1 atom stereocenters. The van der Waals surface area contributed by atoms with E-state index in [1.54, 1.807) is 12.3 Å². The summed E-state index contributed by atoms with van der Waals surface area (Å²) in [7, 11) is 0. The van der Waals surface area contributed by atoms with E-state index in [1.165, 1.54) is 4.90 Å². The maximum Gasteiger partial charge on any atom is 0.407 e. The number of rotatable bonds is 1. The highest BCUT2D eigenvalue weighted by atomic mass is 79.9. The molecule has 0 aliphatic carbocycles. The largest absolute Gasteiger partial charge is 0.465 e. The van der Waals surface area contributed by atoms with Crippen LogP contribution in [0.1, 0.15) is 18.0 Å². The topological polar surface area (TPSA) is 82.2 Å². The van der Waals surface area contributed by atoms with Gasteiger partial charge in [-0.2, -0.15) is 5.26 Å². The van der Waals surface area contributed by atoms with Crippen molar-refractivity contribution < 1.29 is 9.90 Å². The van der Waals surface area contributed by atoms with Crippen molar-refractivity contribution in [1.82, 2.24) is 14.5 Å². The van der Waals surface area contributed by atoms with Crippen LogP contribution in [0.2, 0.25) is 0 Å². The summed E-state index contributed by atoms with van der Waals surface area (Å²) >= 11 is 3.33. The second kappa shape index (κ2) is 4.80. The Balaban J connectivity index is 2.06. The molecule has 1 aliphatic heterocycles. The smallest absolute Gasteiger partial charge is 0.407 e. The van der Waals surface area contributed by atoms with Gasteiger partial charge in [-0.05, 0) is 34.5 Å². The van der Waals surface area contributed by atoms with Crippen LogP contribution in [0.15, 0.2) is 22.9 Å². The van der Waals surface area contributed by atoms with Crippen LogP contribution >= 0.6 is 15.9 Å². The molecule has 0 spiro atoms. The molecule has 1 N–H and O–H groups in total. The van der Waals surface area contributed by atoms with Gasteiger partial charge in [-0.1, -0.05) is 0 Å². The molecule has 6 nitrogen and oxygen atoms in total. The van der Waals surface area contributed by atoms with Gasteiger partial charge in [0.25, 0.3) is 0 Å². The van der Waals surface area contributed by atoms with Gasteiger partial charge < -0.3 is 14.6 Å². The average Bonchev–Trinajstić information content (AvgIpc) is 3.01. The van der Waals surface area contributed by atoms with Gasteiger partial charge in [-0.3, -0.25) is 0 Å². The first-order valence-corrected chi connectivity index (χ1v) is 6.94. The third-order valence-electron chi connectivity index (χ3n) is 3.59. The van der Waals surface area contributed by atoms with Gasteiger partial charge in [-0.15, -0.1) is 0 Å². The average molecular weight is 335 g/mol. The molecule has 3 rings (SSSR count). The van der Waals surface area contributed by atoms with Crippen molar-refractivity contribution in [3.63, 3.8) is 0 Å². The molecule has 1 amide bonds. The van der Waals surface area contributed by atoms with Crippen LogP contribution in [-0.2, 0) is 0 Å². The van der Waals surface area contributed by atoms with Gasteiger partial charge in [-0.25, -0.2) is 9.78 Å². The van der Waals surface area contributed by atoms with Crippen molar-refractivity contribution in [2.24, 2.45) is 0 Å². The summed E-state index contributed by atoms with van der Waals surface area (Å²) in [4.78, 5) is 16.8. The van der Waals surface area contributed by atoms with Crippen molar-refractivity contribution in [3.05, 3.63) is 28.5 Å². The summed E-state index contributed by atoms with van der Waals surface area (Å²) in [6.45, 7) is 0.938. The van der Waals surface area contributed by atoms with E-state index >= 15 is 0 Å². The lowest BCUT2D eigenvalue weighted by Gasteiger charge is -2.14. The van der Waals surface area contributed by atoms with Gasteiger partial charge in [0, 0.05) is 24.7 Å². The van der Waals surface area contributed by atoms with Gasteiger partial charge >= 0.3 is 6.09 Å². The first-order valence-electron chi connectivity index (χ1n) is 6.15. The first kappa shape index (κ1) is 12.9. The fourth-order valence-corrected chi connectivity index (χ4v) is 2.91. The lowest BCUT2D eigenvalue weighted by molar-refractivity contribution is 0.154. The zero-order valence-electron chi connectivity index (χ0n) is 10.5. The van der Waals surface area contributed by atoms with Crippen LogP contribution in [0.5, 0.6) is 0 Å². The van der Waals surface area contributed by atoms with E-state index in [9.17, 15) is 10.1 Å². The van der Waals surface area contributed by atoms with Crippen molar-refractivity contribution >= 4 is 33.1 Å². The van der Waals surface area contributed by atoms with E-state index in [4.69, 9.17) is 5.11 Å². The minimum atomic E-state index is -0.904. The molecule has 0 saturated carbocycles. The van der Waals surface area contributed by atoms with Crippen LogP contribution in [0, 0.1) is 11.3 Å². The maximum absolute atomic E-state index is 11.0. The highest BCUT2D eigenvalue weighted by Gasteiger charge is 2.28. The van der Waals surface area contributed by atoms with E-state index in [0.717, 1.165) is 11.8 Å². The first-order chi connectivity index (χ1) is 9.60. The molecule has 1 saturated heterocycles. The van der Waals surface area contributed by atoms with Crippen LogP contribution in [0.25, 0.3) is 11.0 Å². The Morgan fingerprint density at radius 2 is 2.35 bits per heavy atom. The molecule has 1 fully saturated rings. The van der Waals surface area contributed by atoms with Gasteiger partial charge in [0.1, 0.15) is 16.3 Å². The lowest BCUT2D eigenvalue weighted by Crippen LogP contribution is -2.27. The Kier molecular flexibility index (Phi) is 3.10. The fraction of sp³-hybridized carbons (Fsp3) is 0.308. The van der Waals surface area contributed by atoms with Crippen LogP contribution in [0.3, 0.4) is 0 Å². The Hall–Kier alpha value is -2.07. The molecular formula is C13H11BrN4O2. The maximum atomic E-state index is 11.0. The van der Waals surface area contributed by atoms with Crippen molar-refractivity contribution in [3.8, 4) is 6.07 Å². The Bertz CT molecular complexity index is 734. The molecule has 1 aliphatic rings. The van der Waals surface area contributed by atoms with Crippen molar-refractivity contribution in [2.45, 2.75) is 12.5 Å². The zero-order chi connectivity index (χ0) is 14.3. The second-order valence-corrected chi connectivity index (χ2v) is 5.55. The van der Waals surface area contributed by atoms with Crippen molar-refractivity contribution in [1.29, 1.82) is 5.26 Å². The number of hydrogen-bond donors (Lipinski definition) is 1. The van der Waals surface area contributed by atoms with Crippen molar-refractivity contribution in [2.75, 3.05) is 13.1 Å². The standard InChI is InChI=1S/C13H11BrN4O2/c14-11-2-1-10-8(5-15)6-18(12(10)16-11)9-3-4-17(7-9)13(19)20/h1-2,6,9H,3-4,7H2,(H,19,20)/t9-/m1/s1. The fourth-order valence-electron chi connectivity index (χ4n) is 2.61. The number of amides is 1.